The number of halogens is 3. The molecule has 4 nitrogen and oxygen atoms in total. The number of hydrogen-bond donors (Lipinski definition) is 1. The molecule has 29 heavy (non-hydrogen) atoms. The van der Waals surface area contributed by atoms with Gasteiger partial charge < -0.3 is 10.2 Å². The maximum Gasteiger partial charge on any atom is 0.416 e. The van der Waals surface area contributed by atoms with Gasteiger partial charge in [0.15, 0.2) is 5.13 Å². The van der Waals surface area contributed by atoms with Gasteiger partial charge in [-0.05, 0) is 43.3 Å². The summed E-state index contributed by atoms with van der Waals surface area (Å²) in [7, 11) is 0. The van der Waals surface area contributed by atoms with Crippen molar-refractivity contribution in [3.05, 3.63) is 54.1 Å². The number of anilines is 2. The average Bonchev–Trinajstić information content (AvgIpc) is 3.14. The van der Waals surface area contributed by atoms with Gasteiger partial charge in [0, 0.05) is 38.4 Å². The third kappa shape index (κ3) is 5.00. The first-order chi connectivity index (χ1) is 14.0. The zero-order chi connectivity index (χ0) is 20.3. The first-order valence-corrected chi connectivity index (χ1v) is 10.5. The maximum absolute atomic E-state index is 12.9. The normalized spacial score (nSPS) is 15.8. The van der Waals surface area contributed by atoms with Crippen LogP contribution >= 0.6 is 11.3 Å². The molecule has 1 aliphatic rings. The lowest BCUT2D eigenvalue weighted by atomic mass is 10.1. The lowest BCUT2D eigenvalue weighted by Crippen LogP contribution is -2.46. The maximum atomic E-state index is 12.9. The number of aromatic nitrogens is 1. The van der Waals surface area contributed by atoms with Crippen LogP contribution in [-0.4, -0.2) is 49.2 Å². The molecule has 1 aromatic heterocycles. The summed E-state index contributed by atoms with van der Waals surface area (Å²) in [5.41, 5.74) is 1.08. The molecule has 0 aliphatic carbocycles. The van der Waals surface area contributed by atoms with E-state index in [0.29, 0.717) is 5.69 Å². The van der Waals surface area contributed by atoms with Gasteiger partial charge in [-0.1, -0.05) is 29.5 Å². The minimum absolute atomic E-state index is 0.585. The van der Waals surface area contributed by atoms with Crippen molar-refractivity contribution < 1.29 is 13.2 Å². The van der Waals surface area contributed by atoms with E-state index in [-0.39, 0.29) is 0 Å². The van der Waals surface area contributed by atoms with Gasteiger partial charge in [0.2, 0.25) is 0 Å². The molecule has 154 valence electrons. The highest BCUT2D eigenvalue weighted by Crippen LogP contribution is 2.32. The Balaban J connectivity index is 1.21. The number of rotatable bonds is 6. The smallest absolute Gasteiger partial charge is 0.369 e. The van der Waals surface area contributed by atoms with E-state index in [1.807, 2.05) is 23.1 Å². The summed E-state index contributed by atoms with van der Waals surface area (Å²) in [6.45, 7) is 5.02. The van der Waals surface area contributed by atoms with Gasteiger partial charge in [0.05, 0.1) is 15.8 Å². The second-order valence-electron chi connectivity index (χ2n) is 7.14. The predicted octanol–water partition coefficient (Wildman–Crippen LogP) is 4.94. The summed E-state index contributed by atoms with van der Waals surface area (Å²) in [4.78, 5) is 8.97. The van der Waals surface area contributed by atoms with Crippen molar-refractivity contribution in [3.8, 4) is 0 Å². The number of alkyl halides is 3. The Hall–Kier alpha value is -2.32. The summed E-state index contributed by atoms with van der Waals surface area (Å²) in [5, 5.41) is 4.34. The molecule has 3 aromatic rings. The molecule has 2 heterocycles. The molecule has 0 atom stereocenters. The third-order valence-electron chi connectivity index (χ3n) is 5.13. The standard InChI is InChI=1S/C21H23F3N4S/c22-21(23,24)16-5-3-6-17(15-16)28-13-11-27(12-14-28)10-4-9-25-20-26-18-7-1-2-8-19(18)29-20/h1-3,5-8,15H,4,9-14H2,(H,25,26). The number of fused-ring (bicyclic) bond motifs is 1. The Kier molecular flexibility index (Phi) is 5.91. The van der Waals surface area contributed by atoms with E-state index < -0.39 is 11.7 Å². The van der Waals surface area contributed by atoms with Crippen molar-refractivity contribution in [1.82, 2.24) is 9.88 Å². The molecule has 1 aliphatic heterocycles. The Morgan fingerprint density at radius 1 is 1.00 bits per heavy atom. The summed E-state index contributed by atoms with van der Waals surface area (Å²) in [6, 6.07) is 13.7. The van der Waals surface area contributed by atoms with Gasteiger partial charge in [-0.25, -0.2) is 4.98 Å². The number of para-hydroxylation sites is 1. The molecule has 0 saturated carbocycles. The zero-order valence-electron chi connectivity index (χ0n) is 16.0. The summed E-state index contributed by atoms with van der Waals surface area (Å²) < 4.78 is 39.9. The number of nitrogens with one attached hydrogen (secondary N) is 1. The lowest BCUT2D eigenvalue weighted by Gasteiger charge is -2.36. The highest BCUT2D eigenvalue weighted by atomic mass is 32.1. The summed E-state index contributed by atoms with van der Waals surface area (Å²) >= 11 is 1.66. The molecular formula is C21H23F3N4S. The lowest BCUT2D eigenvalue weighted by molar-refractivity contribution is -0.137. The van der Waals surface area contributed by atoms with Crippen LogP contribution in [0.2, 0.25) is 0 Å². The minimum Gasteiger partial charge on any atom is -0.369 e. The van der Waals surface area contributed by atoms with Crippen LogP contribution in [0, 0.1) is 0 Å². The topological polar surface area (TPSA) is 31.4 Å². The van der Waals surface area contributed by atoms with Gasteiger partial charge in [-0.15, -0.1) is 0 Å². The van der Waals surface area contributed by atoms with Crippen molar-refractivity contribution in [2.24, 2.45) is 0 Å². The Morgan fingerprint density at radius 2 is 1.79 bits per heavy atom. The molecule has 0 unspecified atom stereocenters. The molecular weight excluding hydrogens is 397 g/mol. The van der Waals surface area contributed by atoms with Crippen molar-refractivity contribution in [2.45, 2.75) is 12.6 Å². The molecule has 0 bridgehead atoms. The van der Waals surface area contributed by atoms with Gasteiger partial charge in [-0.3, -0.25) is 4.90 Å². The summed E-state index contributed by atoms with van der Waals surface area (Å²) in [5.74, 6) is 0. The fourth-order valence-electron chi connectivity index (χ4n) is 3.55. The van der Waals surface area contributed by atoms with Crippen LogP contribution in [0.5, 0.6) is 0 Å². The fraction of sp³-hybridized carbons (Fsp3) is 0.381. The van der Waals surface area contributed by atoms with Crippen LogP contribution in [0.3, 0.4) is 0 Å². The van der Waals surface area contributed by atoms with Crippen LogP contribution < -0.4 is 10.2 Å². The SMILES string of the molecule is FC(F)(F)c1cccc(N2CCN(CCCNc3nc4ccccc4s3)CC2)c1. The van der Waals surface area contributed by atoms with Gasteiger partial charge in [-0.2, -0.15) is 13.2 Å². The second kappa shape index (κ2) is 8.59. The number of benzene rings is 2. The molecule has 8 heteroatoms. The van der Waals surface area contributed by atoms with E-state index in [2.05, 4.69) is 21.3 Å². The van der Waals surface area contributed by atoms with E-state index in [9.17, 15) is 13.2 Å². The number of piperazine rings is 1. The number of thiazole rings is 1. The van der Waals surface area contributed by atoms with E-state index in [1.54, 1.807) is 17.4 Å². The van der Waals surface area contributed by atoms with Gasteiger partial charge >= 0.3 is 6.18 Å². The van der Waals surface area contributed by atoms with Crippen molar-refractivity contribution in [3.63, 3.8) is 0 Å². The molecule has 2 aromatic carbocycles. The zero-order valence-corrected chi connectivity index (χ0v) is 16.8. The molecule has 1 N–H and O–H groups in total. The number of nitrogens with zero attached hydrogens (tertiary/aromatic N) is 3. The van der Waals surface area contributed by atoms with E-state index in [1.165, 1.54) is 16.8 Å². The third-order valence-corrected chi connectivity index (χ3v) is 6.13. The fourth-order valence-corrected chi connectivity index (χ4v) is 4.45. The van der Waals surface area contributed by atoms with Crippen LogP contribution in [0.1, 0.15) is 12.0 Å². The average molecular weight is 421 g/mol. The predicted molar refractivity (Wildman–Crippen MR) is 113 cm³/mol. The highest BCUT2D eigenvalue weighted by molar-refractivity contribution is 7.22. The molecule has 1 saturated heterocycles. The van der Waals surface area contributed by atoms with Gasteiger partial charge in [0.1, 0.15) is 0 Å². The van der Waals surface area contributed by atoms with Crippen molar-refractivity contribution >= 4 is 32.4 Å². The van der Waals surface area contributed by atoms with Crippen LogP contribution in [-0.2, 0) is 6.18 Å². The van der Waals surface area contributed by atoms with E-state index >= 15 is 0 Å². The Labute approximate surface area is 172 Å². The Morgan fingerprint density at radius 3 is 2.55 bits per heavy atom. The monoisotopic (exact) mass is 420 g/mol. The second-order valence-corrected chi connectivity index (χ2v) is 8.17. The van der Waals surface area contributed by atoms with Crippen LogP contribution in [0.4, 0.5) is 24.0 Å². The van der Waals surface area contributed by atoms with Crippen LogP contribution in [0.25, 0.3) is 10.2 Å². The molecule has 4 rings (SSSR count). The summed E-state index contributed by atoms with van der Waals surface area (Å²) in [6.07, 6.45) is -3.30. The van der Waals surface area contributed by atoms with E-state index in [4.69, 9.17) is 0 Å². The Bertz CT molecular complexity index is 915. The first-order valence-electron chi connectivity index (χ1n) is 9.73. The molecule has 0 spiro atoms. The van der Waals surface area contributed by atoms with Crippen molar-refractivity contribution in [2.75, 3.05) is 49.5 Å². The molecule has 0 radical (unpaired) electrons. The minimum atomic E-state index is -4.30. The molecule has 1 fully saturated rings. The molecule has 0 amide bonds. The van der Waals surface area contributed by atoms with Gasteiger partial charge in [0.25, 0.3) is 0 Å². The van der Waals surface area contributed by atoms with Crippen LogP contribution in [0.15, 0.2) is 48.5 Å². The number of hydrogen-bond acceptors (Lipinski definition) is 5. The quantitative estimate of drug-likeness (QED) is 0.573. The highest BCUT2D eigenvalue weighted by Gasteiger charge is 2.31. The largest absolute Gasteiger partial charge is 0.416 e. The van der Waals surface area contributed by atoms with E-state index in [0.717, 1.165) is 62.4 Å². The van der Waals surface area contributed by atoms with Crippen molar-refractivity contribution in [1.29, 1.82) is 0 Å². The first kappa shape index (κ1) is 20.0.